The molecular formula is C20H28O. The lowest BCUT2D eigenvalue weighted by Crippen LogP contribution is -2.16. The minimum absolute atomic E-state index is 0.215. The molecule has 1 N–H and O–H groups in total. The third-order valence-corrected chi connectivity index (χ3v) is 4.43. The first-order chi connectivity index (χ1) is 10.2. The van der Waals surface area contributed by atoms with E-state index in [4.69, 9.17) is 0 Å². The number of rotatable bonds is 8. The fraction of sp³-hybridized carbons (Fsp3) is 0.500. The van der Waals surface area contributed by atoms with Crippen LogP contribution >= 0.6 is 0 Å². The molecule has 21 heavy (non-hydrogen) atoms. The van der Waals surface area contributed by atoms with E-state index in [0.717, 1.165) is 12.8 Å². The van der Waals surface area contributed by atoms with Gasteiger partial charge < -0.3 is 5.11 Å². The lowest BCUT2D eigenvalue weighted by molar-refractivity contribution is 0.137. The Morgan fingerprint density at radius 1 is 1.00 bits per heavy atom. The number of unbranched alkanes of at least 4 members (excludes halogenated alkanes) is 1. The van der Waals surface area contributed by atoms with E-state index in [1.807, 2.05) is 0 Å². The summed E-state index contributed by atoms with van der Waals surface area (Å²) >= 11 is 0. The molecule has 1 heteroatoms. The van der Waals surface area contributed by atoms with E-state index in [2.05, 4.69) is 56.3 Å². The van der Waals surface area contributed by atoms with Crippen molar-refractivity contribution in [1.29, 1.82) is 0 Å². The summed E-state index contributed by atoms with van der Waals surface area (Å²) in [4.78, 5) is 0. The molecule has 0 radical (unpaired) electrons. The van der Waals surface area contributed by atoms with E-state index in [9.17, 15) is 5.11 Å². The van der Waals surface area contributed by atoms with Crippen LogP contribution in [0.5, 0.6) is 0 Å². The van der Waals surface area contributed by atoms with Gasteiger partial charge in [-0.2, -0.15) is 0 Å². The van der Waals surface area contributed by atoms with E-state index in [1.165, 1.54) is 42.0 Å². The number of hydrogen-bond donors (Lipinski definition) is 1. The Bertz CT molecular complexity index is 546. The van der Waals surface area contributed by atoms with Gasteiger partial charge in [0.2, 0.25) is 0 Å². The highest BCUT2D eigenvalue weighted by Gasteiger charge is 2.13. The maximum absolute atomic E-state index is 10.4. The molecule has 2 aromatic rings. The van der Waals surface area contributed by atoms with Gasteiger partial charge in [0.25, 0.3) is 0 Å². The predicted molar refractivity (Wildman–Crippen MR) is 91.6 cm³/mol. The fourth-order valence-electron chi connectivity index (χ4n) is 3.09. The second-order valence-electron chi connectivity index (χ2n) is 6.19. The zero-order valence-corrected chi connectivity index (χ0v) is 13.4. The van der Waals surface area contributed by atoms with Gasteiger partial charge in [-0.1, -0.05) is 82.0 Å². The molecule has 0 aliphatic rings. The van der Waals surface area contributed by atoms with Crippen molar-refractivity contribution in [3.63, 3.8) is 0 Å². The molecule has 0 aromatic heterocycles. The highest BCUT2D eigenvalue weighted by molar-refractivity contribution is 5.82. The van der Waals surface area contributed by atoms with Crippen molar-refractivity contribution in [2.24, 2.45) is 5.92 Å². The van der Waals surface area contributed by atoms with E-state index < -0.39 is 0 Å². The summed E-state index contributed by atoms with van der Waals surface area (Å²) in [5.74, 6) is 0.667. The molecule has 0 heterocycles. The summed E-state index contributed by atoms with van der Waals surface area (Å²) in [6.07, 6.45) is 6.44. The van der Waals surface area contributed by atoms with Gasteiger partial charge in [-0.05, 0) is 35.1 Å². The van der Waals surface area contributed by atoms with Gasteiger partial charge in [-0.15, -0.1) is 0 Å². The molecule has 2 unspecified atom stereocenters. The first kappa shape index (κ1) is 16.0. The van der Waals surface area contributed by atoms with Gasteiger partial charge in [0, 0.05) is 0 Å². The van der Waals surface area contributed by atoms with Crippen LogP contribution in [0.3, 0.4) is 0 Å². The zero-order chi connectivity index (χ0) is 15.1. The maximum Gasteiger partial charge on any atom is 0.0583 e. The summed E-state index contributed by atoms with van der Waals surface area (Å²) in [6.45, 7) is 4.47. The third kappa shape index (κ3) is 4.86. The van der Waals surface area contributed by atoms with Crippen molar-refractivity contribution < 1.29 is 5.11 Å². The van der Waals surface area contributed by atoms with E-state index in [1.54, 1.807) is 0 Å². The molecule has 0 saturated heterocycles. The Morgan fingerprint density at radius 3 is 2.48 bits per heavy atom. The van der Waals surface area contributed by atoms with Gasteiger partial charge in [-0.3, -0.25) is 0 Å². The number of hydrogen-bond acceptors (Lipinski definition) is 1. The SMILES string of the molecule is CCCCC(CC)CC(O)Cc1ccc2ccccc2c1. The number of fused-ring (bicyclic) bond motifs is 1. The van der Waals surface area contributed by atoms with Crippen LogP contribution in [0.2, 0.25) is 0 Å². The monoisotopic (exact) mass is 284 g/mol. The van der Waals surface area contributed by atoms with Crippen LogP contribution < -0.4 is 0 Å². The Hall–Kier alpha value is -1.34. The van der Waals surface area contributed by atoms with Gasteiger partial charge >= 0.3 is 0 Å². The van der Waals surface area contributed by atoms with Crippen LogP contribution in [0.15, 0.2) is 42.5 Å². The quantitative estimate of drug-likeness (QED) is 0.693. The molecule has 0 fully saturated rings. The Morgan fingerprint density at radius 2 is 1.76 bits per heavy atom. The van der Waals surface area contributed by atoms with Crippen LogP contribution in [-0.2, 0) is 6.42 Å². The topological polar surface area (TPSA) is 20.2 Å². The van der Waals surface area contributed by atoms with E-state index in [0.29, 0.717) is 5.92 Å². The smallest absolute Gasteiger partial charge is 0.0583 e. The molecule has 2 aromatic carbocycles. The van der Waals surface area contributed by atoms with Crippen molar-refractivity contribution in [3.8, 4) is 0 Å². The summed E-state index contributed by atoms with van der Waals surface area (Å²) in [7, 11) is 0. The lowest BCUT2D eigenvalue weighted by atomic mass is 9.90. The zero-order valence-electron chi connectivity index (χ0n) is 13.4. The highest BCUT2D eigenvalue weighted by atomic mass is 16.3. The van der Waals surface area contributed by atoms with Crippen LogP contribution in [0.25, 0.3) is 10.8 Å². The molecular weight excluding hydrogens is 256 g/mol. The summed E-state index contributed by atoms with van der Waals surface area (Å²) in [6, 6.07) is 14.9. The summed E-state index contributed by atoms with van der Waals surface area (Å²) < 4.78 is 0. The van der Waals surface area contributed by atoms with Gasteiger partial charge in [0.15, 0.2) is 0 Å². The molecule has 0 saturated carbocycles. The minimum Gasteiger partial charge on any atom is -0.393 e. The molecule has 0 bridgehead atoms. The van der Waals surface area contributed by atoms with Gasteiger partial charge in [0.05, 0.1) is 6.10 Å². The van der Waals surface area contributed by atoms with Crippen LogP contribution in [-0.4, -0.2) is 11.2 Å². The van der Waals surface area contributed by atoms with Crippen LogP contribution in [0, 0.1) is 5.92 Å². The minimum atomic E-state index is -0.215. The first-order valence-electron chi connectivity index (χ1n) is 8.38. The summed E-state index contributed by atoms with van der Waals surface area (Å²) in [5.41, 5.74) is 1.24. The van der Waals surface area contributed by atoms with Crippen molar-refractivity contribution in [1.82, 2.24) is 0 Å². The normalized spacial score (nSPS) is 14.2. The van der Waals surface area contributed by atoms with Crippen molar-refractivity contribution in [2.45, 2.75) is 58.5 Å². The van der Waals surface area contributed by atoms with Crippen molar-refractivity contribution >= 4 is 10.8 Å². The van der Waals surface area contributed by atoms with Crippen molar-refractivity contribution in [2.75, 3.05) is 0 Å². The molecule has 0 aliphatic heterocycles. The Labute approximate surface area is 129 Å². The fourth-order valence-corrected chi connectivity index (χ4v) is 3.09. The van der Waals surface area contributed by atoms with E-state index in [-0.39, 0.29) is 6.10 Å². The molecule has 2 atom stereocenters. The first-order valence-corrected chi connectivity index (χ1v) is 8.38. The molecule has 1 nitrogen and oxygen atoms in total. The average molecular weight is 284 g/mol. The van der Waals surface area contributed by atoms with Crippen LogP contribution in [0.4, 0.5) is 0 Å². The van der Waals surface area contributed by atoms with Crippen LogP contribution in [0.1, 0.15) is 51.5 Å². The molecule has 114 valence electrons. The Kier molecular flexibility index (Phi) is 6.25. The van der Waals surface area contributed by atoms with Gasteiger partial charge in [-0.25, -0.2) is 0 Å². The van der Waals surface area contributed by atoms with Gasteiger partial charge in [0.1, 0.15) is 0 Å². The second-order valence-corrected chi connectivity index (χ2v) is 6.19. The highest BCUT2D eigenvalue weighted by Crippen LogP contribution is 2.22. The standard InChI is InChI=1S/C20H28O/c1-3-5-8-16(4-2)14-20(21)15-17-11-12-18-9-6-7-10-19(18)13-17/h6-7,9-13,16,20-21H,3-5,8,14-15H2,1-2H3. The average Bonchev–Trinajstić information content (AvgIpc) is 2.51. The molecule has 2 rings (SSSR count). The largest absolute Gasteiger partial charge is 0.393 e. The summed E-state index contributed by atoms with van der Waals surface area (Å²) in [5, 5.41) is 12.9. The third-order valence-electron chi connectivity index (χ3n) is 4.43. The lowest BCUT2D eigenvalue weighted by Gasteiger charge is -2.19. The number of aliphatic hydroxyl groups excluding tert-OH is 1. The molecule has 0 aliphatic carbocycles. The van der Waals surface area contributed by atoms with E-state index >= 15 is 0 Å². The maximum atomic E-state index is 10.4. The predicted octanol–water partition coefficient (Wildman–Crippen LogP) is 5.35. The number of aliphatic hydroxyl groups is 1. The Balaban J connectivity index is 1.95. The second kappa shape index (κ2) is 8.19. The molecule has 0 spiro atoms. The number of benzene rings is 2. The molecule has 0 amide bonds. The van der Waals surface area contributed by atoms with Crippen molar-refractivity contribution in [3.05, 3.63) is 48.0 Å².